The van der Waals surface area contributed by atoms with Gasteiger partial charge in [0.05, 0.1) is 17.9 Å². The highest BCUT2D eigenvalue weighted by Crippen LogP contribution is 2.45. The molecular formula is C23H30O9. The van der Waals surface area contributed by atoms with E-state index in [4.69, 9.17) is 18.9 Å². The van der Waals surface area contributed by atoms with E-state index in [0.717, 1.165) is 0 Å². The minimum Gasteiger partial charge on any atom is -0.458 e. The molecule has 1 N–H and O–H groups in total. The van der Waals surface area contributed by atoms with Crippen LogP contribution in [0.4, 0.5) is 0 Å². The van der Waals surface area contributed by atoms with Crippen molar-refractivity contribution in [3.63, 3.8) is 0 Å². The zero-order chi connectivity index (χ0) is 24.1. The first-order valence-electron chi connectivity index (χ1n) is 10.7. The highest BCUT2D eigenvalue weighted by atomic mass is 16.6. The fourth-order valence-electron chi connectivity index (χ4n) is 4.26. The van der Waals surface area contributed by atoms with Gasteiger partial charge >= 0.3 is 17.9 Å². The summed E-state index contributed by atoms with van der Waals surface area (Å²) < 4.78 is 22.2. The van der Waals surface area contributed by atoms with Gasteiger partial charge in [0.25, 0.3) is 0 Å². The van der Waals surface area contributed by atoms with E-state index in [1.54, 1.807) is 13.8 Å². The summed E-state index contributed by atoms with van der Waals surface area (Å²) in [5.74, 6) is -4.67. The number of carbonyl (C=O) groups is 4. The van der Waals surface area contributed by atoms with Gasteiger partial charge in [0.1, 0.15) is 12.2 Å². The molecule has 0 bridgehead atoms. The molecule has 2 aliphatic heterocycles. The number of ether oxygens (including phenoxy) is 4. The Labute approximate surface area is 186 Å². The number of epoxide rings is 1. The zero-order valence-electron chi connectivity index (χ0n) is 19.0. The average Bonchev–Trinajstić information content (AvgIpc) is 3.45. The summed E-state index contributed by atoms with van der Waals surface area (Å²) in [6, 6.07) is 0. The van der Waals surface area contributed by atoms with Gasteiger partial charge in [-0.1, -0.05) is 33.9 Å². The first kappa shape index (κ1) is 24.1. The Morgan fingerprint density at radius 3 is 2.44 bits per heavy atom. The Morgan fingerprint density at radius 2 is 1.88 bits per heavy atom. The van der Waals surface area contributed by atoms with Gasteiger partial charge in [-0.25, -0.2) is 9.59 Å². The Bertz CT molecular complexity index is 871. The van der Waals surface area contributed by atoms with Crippen molar-refractivity contribution < 1.29 is 43.2 Å². The Hall–Kier alpha value is -2.52. The first-order chi connectivity index (χ1) is 14.8. The second-order valence-corrected chi connectivity index (χ2v) is 9.40. The molecule has 0 unspecified atom stereocenters. The molecule has 0 radical (unpaired) electrons. The lowest BCUT2D eigenvalue weighted by atomic mass is 9.75. The van der Waals surface area contributed by atoms with Crippen LogP contribution >= 0.6 is 0 Å². The molecule has 0 amide bonds. The summed E-state index contributed by atoms with van der Waals surface area (Å²) >= 11 is 0. The topological polar surface area (TPSA) is 129 Å². The number of aliphatic hydroxyl groups is 1. The van der Waals surface area contributed by atoms with E-state index < -0.39 is 71.6 Å². The molecule has 0 aromatic carbocycles. The van der Waals surface area contributed by atoms with Crippen LogP contribution in [0.25, 0.3) is 0 Å². The molecule has 9 nitrogen and oxygen atoms in total. The fraction of sp³-hybridized carbons (Fsp3) is 0.652. The van der Waals surface area contributed by atoms with Crippen LogP contribution in [0, 0.1) is 17.8 Å². The minimum absolute atomic E-state index is 0.00407. The van der Waals surface area contributed by atoms with Crippen LogP contribution in [0.1, 0.15) is 41.0 Å². The number of esters is 3. The maximum atomic E-state index is 13.2. The second kappa shape index (κ2) is 8.44. The molecule has 0 aromatic rings. The van der Waals surface area contributed by atoms with Crippen LogP contribution < -0.4 is 0 Å². The van der Waals surface area contributed by atoms with Gasteiger partial charge < -0.3 is 24.1 Å². The predicted molar refractivity (Wildman–Crippen MR) is 110 cm³/mol. The van der Waals surface area contributed by atoms with Gasteiger partial charge in [-0.3, -0.25) is 9.59 Å². The maximum absolute atomic E-state index is 13.2. The lowest BCUT2D eigenvalue weighted by Gasteiger charge is -2.40. The van der Waals surface area contributed by atoms with Crippen molar-refractivity contribution in [3.8, 4) is 0 Å². The summed E-state index contributed by atoms with van der Waals surface area (Å²) in [5.41, 5.74) is -2.23. The number of hydrogen-bond donors (Lipinski definition) is 1. The third-order valence-corrected chi connectivity index (χ3v) is 6.28. The highest BCUT2D eigenvalue weighted by molar-refractivity contribution is 5.95. The quantitative estimate of drug-likeness (QED) is 0.291. The largest absolute Gasteiger partial charge is 0.458 e. The third-order valence-electron chi connectivity index (χ3n) is 6.28. The third kappa shape index (κ3) is 4.23. The molecule has 0 spiro atoms. The monoisotopic (exact) mass is 450 g/mol. The van der Waals surface area contributed by atoms with Crippen LogP contribution in [-0.2, 0) is 38.1 Å². The smallest absolute Gasteiger partial charge is 0.334 e. The molecule has 0 aromatic heterocycles. The molecule has 8 atom stereocenters. The van der Waals surface area contributed by atoms with E-state index in [1.807, 2.05) is 6.92 Å². The highest BCUT2D eigenvalue weighted by Gasteiger charge is 2.63. The van der Waals surface area contributed by atoms with Gasteiger partial charge in [-0.15, -0.1) is 0 Å². The molecule has 2 heterocycles. The molecule has 176 valence electrons. The van der Waals surface area contributed by atoms with Crippen LogP contribution in [0.15, 0.2) is 24.3 Å². The van der Waals surface area contributed by atoms with Crippen LogP contribution in [-0.4, -0.2) is 64.9 Å². The first-order valence-corrected chi connectivity index (χ1v) is 10.7. The van der Waals surface area contributed by atoms with Crippen LogP contribution in [0.3, 0.4) is 0 Å². The summed E-state index contributed by atoms with van der Waals surface area (Å²) in [4.78, 5) is 50.7. The molecule has 1 saturated carbocycles. The van der Waals surface area contributed by atoms with Crippen molar-refractivity contribution in [1.29, 1.82) is 0 Å². The van der Waals surface area contributed by atoms with Gasteiger partial charge in [-0.05, 0) is 26.2 Å². The summed E-state index contributed by atoms with van der Waals surface area (Å²) in [6.07, 6.45) is -4.91. The normalized spacial score (nSPS) is 39.0. The van der Waals surface area contributed by atoms with Crippen molar-refractivity contribution in [3.05, 3.63) is 24.3 Å². The molecular weight excluding hydrogens is 420 g/mol. The maximum Gasteiger partial charge on any atom is 0.334 e. The lowest BCUT2D eigenvalue weighted by Crippen LogP contribution is -2.60. The number of ketones is 1. The van der Waals surface area contributed by atoms with Crippen molar-refractivity contribution in [1.82, 2.24) is 0 Å². The Kier molecular flexibility index (Phi) is 6.36. The molecule has 3 fully saturated rings. The SMILES string of the molecule is C=C(C)C(=O)O[C@H]1[C@@H]2C(=C)C(=O)O[C@H]2C[C@@H](C)[C@@H]2O[C@@H]2C(=O)[C@](C)(O)[C@@H]1OC(=O)C(C)C. The van der Waals surface area contributed by atoms with Gasteiger partial charge in [0, 0.05) is 11.1 Å². The van der Waals surface area contributed by atoms with Crippen LogP contribution in [0.5, 0.6) is 0 Å². The van der Waals surface area contributed by atoms with Crippen molar-refractivity contribution in [2.45, 2.75) is 77.2 Å². The van der Waals surface area contributed by atoms with E-state index in [0.29, 0.717) is 6.42 Å². The number of carbonyl (C=O) groups excluding carboxylic acids is 4. The predicted octanol–water partition coefficient (Wildman–Crippen LogP) is 1.27. The van der Waals surface area contributed by atoms with E-state index >= 15 is 0 Å². The molecule has 3 rings (SSSR count). The zero-order valence-corrected chi connectivity index (χ0v) is 19.0. The van der Waals surface area contributed by atoms with Gasteiger partial charge in [0.2, 0.25) is 0 Å². The van der Waals surface area contributed by atoms with E-state index in [1.165, 1.54) is 13.8 Å². The number of fused-ring (bicyclic) bond motifs is 2. The van der Waals surface area contributed by atoms with E-state index in [9.17, 15) is 24.3 Å². The van der Waals surface area contributed by atoms with Crippen molar-refractivity contribution >= 4 is 23.7 Å². The fourth-order valence-corrected chi connectivity index (χ4v) is 4.26. The number of hydrogen-bond acceptors (Lipinski definition) is 9. The van der Waals surface area contributed by atoms with Crippen molar-refractivity contribution in [2.24, 2.45) is 17.8 Å². The van der Waals surface area contributed by atoms with E-state index in [2.05, 4.69) is 13.2 Å². The average molecular weight is 450 g/mol. The van der Waals surface area contributed by atoms with E-state index in [-0.39, 0.29) is 17.1 Å². The molecule has 32 heavy (non-hydrogen) atoms. The molecule has 2 saturated heterocycles. The lowest BCUT2D eigenvalue weighted by molar-refractivity contribution is -0.199. The second-order valence-electron chi connectivity index (χ2n) is 9.40. The van der Waals surface area contributed by atoms with Gasteiger partial charge in [-0.2, -0.15) is 0 Å². The Morgan fingerprint density at radius 1 is 1.25 bits per heavy atom. The minimum atomic E-state index is -2.28. The summed E-state index contributed by atoms with van der Waals surface area (Å²) in [5, 5.41) is 11.4. The molecule has 3 aliphatic rings. The summed E-state index contributed by atoms with van der Waals surface area (Å²) in [7, 11) is 0. The standard InChI is InChI=1S/C23H30O9/c1-9(2)20(25)31-16-14-12(6)22(27)29-13(14)8-11(5)15-17(30-15)18(24)23(7,28)19(16)32-21(26)10(3)4/h10-11,13-17,19,28H,1,6,8H2,2-5,7H3/t11-,13+,14-,15+,16+,17+,19-,23+/m1/s1. The molecule has 1 aliphatic carbocycles. The Balaban J connectivity index is 2.15. The summed E-state index contributed by atoms with van der Waals surface area (Å²) in [6.45, 7) is 15.0. The van der Waals surface area contributed by atoms with Crippen molar-refractivity contribution in [2.75, 3.05) is 0 Å². The van der Waals surface area contributed by atoms with Crippen LogP contribution in [0.2, 0.25) is 0 Å². The number of Topliss-reactive ketones (excluding diaryl/α,β-unsaturated/α-hetero) is 1. The molecule has 9 heteroatoms. The number of rotatable bonds is 4. The van der Waals surface area contributed by atoms with Gasteiger partial charge in [0.15, 0.2) is 23.6 Å².